The molecular formula is C12H14F3N3O2. The number of benzene rings is 1. The predicted octanol–water partition coefficient (Wildman–Crippen LogP) is 1.70. The molecule has 1 rings (SSSR count). The zero-order valence-electron chi connectivity index (χ0n) is 10.7. The molecule has 0 aromatic heterocycles. The number of amidine groups is 1. The summed E-state index contributed by atoms with van der Waals surface area (Å²) in [6, 6.07) is 0.876. The number of nitrogens with two attached hydrogens (primary N) is 1. The van der Waals surface area contributed by atoms with Crippen molar-refractivity contribution >= 4 is 11.7 Å². The van der Waals surface area contributed by atoms with Gasteiger partial charge in [0.25, 0.3) is 5.91 Å². The first-order valence-electron chi connectivity index (χ1n) is 5.80. The highest BCUT2D eigenvalue weighted by Gasteiger charge is 2.23. The Labute approximate surface area is 113 Å². The van der Waals surface area contributed by atoms with Crippen molar-refractivity contribution in [2.24, 2.45) is 10.9 Å². The van der Waals surface area contributed by atoms with Gasteiger partial charge in [0.2, 0.25) is 0 Å². The van der Waals surface area contributed by atoms with Gasteiger partial charge in [0.1, 0.15) is 28.9 Å². The molecule has 0 aliphatic rings. The Morgan fingerprint density at radius 3 is 2.35 bits per heavy atom. The average Bonchev–Trinajstić information content (AvgIpc) is 2.37. The van der Waals surface area contributed by atoms with Gasteiger partial charge in [-0.2, -0.15) is 0 Å². The van der Waals surface area contributed by atoms with Gasteiger partial charge in [-0.3, -0.25) is 4.79 Å². The molecule has 0 fully saturated rings. The minimum atomic E-state index is -1.27. The van der Waals surface area contributed by atoms with Crippen LogP contribution >= 0.6 is 0 Å². The van der Waals surface area contributed by atoms with Crippen molar-refractivity contribution in [1.29, 1.82) is 0 Å². The topological polar surface area (TPSA) is 78.9 Å². The van der Waals surface area contributed by atoms with Gasteiger partial charge in [0.05, 0.1) is 0 Å². The van der Waals surface area contributed by atoms with Crippen LogP contribution < -0.4 is 5.73 Å². The number of oxime groups is 1. The standard InChI is InChI=1S/C12H14F3N3O2/c1-2-18(4-3-10(16)17-20)12(19)11-8(14)5-7(13)6-9(11)15/h5-6,20H,2-4H2,1H3,(H2,16,17). The lowest BCUT2D eigenvalue weighted by atomic mass is 10.1. The summed E-state index contributed by atoms with van der Waals surface area (Å²) < 4.78 is 39.8. The van der Waals surface area contributed by atoms with Gasteiger partial charge in [-0.15, -0.1) is 0 Å². The smallest absolute Gasteiger partial charge is 0.259 e. The highest BCUT2D eigenvalue weighted by molar-refractivity contribution is 5.95. The van der Waals surface area contributed by atoms with E-state index in [-0.39, 0.29) is 25.3 Å². The lowest BCUT2D eigenvalue weighted by Gasteiger charge is -2.21. The quantitative estimate of drug-likeness (QED) is 0.375. The van der Waals surface area contributed by atoms with Gasteiger partial charge >= 0.3 is 0 Å². The van der Waals surface area contributed by atoms with Gasteiger partial charge in [-0.05, 0) is 6.92 Å². The number of nitrogens with zero attached hydrogens (tertiary/aromatic N) is 2. The van der Waals surface area contributed by atoms with Crippen molar-refractivity contribution < 1.29 is 23.2 Å². The van der Waals surface area contributed by atoms with Crippen LogP contribution in [0.3, 0.4) is 0 Å². The molecule has 3 N–H and O–H groups in total. The number of hydrogen-bond donors (Lipinski definition) is 2. The van der Waals surface area contributed by atoms with E-state index in [0.717, 1.165) is 4.90 Å². The maximum Gasteiger partial charge on any atom is 0.259 e. The van der Waals surface area contributed by atoms with Crippen molar-refractivity contribution in [3.05, 3.63) is 35.1 Å². The van der Waals surface area contributed by atoms with Gasteiger partial charge in [0, 0.05) is 31.6 Å². The molecule has 0 unspecified atom stereocenters. The molecular weight excluding hydrogens is 275 g/mol. The zero-order chi connectivity index (χ0) is 15.3. The third-order valence-corrected chi connectivity index (χ3v) is 2.66. The summed E-state index contributed by atoms with van der Waals surface area (Å²) in [4.78, 5) is 13.1. The second kappa shape index (κ2) is 6.78. The lowest BCUT2D eigenvalue weighted by molar-refractivity contribution is 0.0758. The van der Waals surface area contributed by atoms with Crippen molar-refractivity contribution in [3.8, 4) is 0 Å². The van der Waals surface area contributed by atoms with Gasteiger partial charge in [-0.25, -0.2) is 13.2 Å². The Balaban J connectivity index is 2.97. The predicted molar refractivity (Wildman–Crippen MR) is 65.9 cm³/mol. The van der Waals surface area contributed by atoms with E-state index >= 15 is 0 Å². The van der Waals surface area contributed by atoms with Crippen LogP contribution in [-0.2, 0) is 0 Å². The fourth-order valence-corrected chi connectivity index (χ4v) is 1.61. The van der Waals surface area contributed by atoms with E-state index in [9.17, 15) is 18.0 Å². The molecule has 1 aromatic rings. The average molecular weight is 289 g/mol. The molecule has 0 atom stereocenters. The molecule has 0 heterocycles. The molecule has 20 heavy (non-hydrogen) atoms. The van der Waals surface area contributed by atoms with Crippen LogP contribution in [0.2, 0.25) is 0 Å². The molecule has 5 nitrogen and oxygen atoms in total. The summed E-state index contributed by atoms with van der Waals surface area (Å²) in [5, 5.41) is 11.1. The first-order chi connectivity index (χ1) is 9.40. The van der Waals surface area contributed by atoms with Crippen LogP contribution in [0.5, 0.6) is 0 Å². The molecule has 1 amide bonds. The van der Waals surface area contributed by atoms with Crippen molar-refractivity contribution in [1.82, 2.24) is 4.90 Å². The van der Waals surface area contributed by atoms with Crippen LogP contribution in [-0.4, -0.2) is 34.9 Å². The zero-order valence-corrected chi connectivity index (χ0v) is 10.7. The van der Waals surface area contributed by atoms with E-state index in [1.165, 1.54) is 0 Å². The first-order valence-corrected chi connectivity index (χ1v) is 5.80. The molecule has 0 bridgehead atoms. The minimum Gasteiger partial charge on any atom is -0.409 e. The minimum absolute atomic E-state index is 0.0154. The molecule has 0 aliphatic heterocycles. The molecule has 0 spiro atoms. The van der Waals surface area contributed by atoms with E-state index in [1.807, 2.05) is 0 Å². The Morgan fingerprint density at radius 1 is 1.35 bits per heavy atom. The van der Waals surface area contributed by atoms with Crippen molar-refractivity contribution in [2.75, 3.05) is 13.1 Å². The number of rotatable bonds is 5. The number of carbonyl (C=O) groups excluding carboxylic acids is 1. The molecule has 0 saturated carbocycles. The monoisotopic (exact) mass is 289 g/mol. The van der Waals surface area contributed by atoms with Crippen LogP contribution in [0.25, 0.3) is 0 Å². The van der Waals surface area contributed by atoms with Crippen LogP contribution in [0, 0.1) is 17.5 Å². The highest BCUT2D eigenvalue weighted by Crippen LogP contribution is 2.17. The fraction of sp³-hybridized carbons (Fsp3) is 0.333. The third kappa shape index (κ3) is 3.62. The summed E-state index contributed by atoms with van der Waals surface area (Å²) in [5.74, 6) is -4.68. The van der Waals surface area contributed by atoms with E-state index in [1.54, 1.807) is 6.92 Å². The van der Waals surface area contributed by atoms with Crippen LogP contribution in [0.1, 0.15) is 23.7 Å². The third-order valence-electron chi connectivity index (χ3n) is 2.66. The highest BCUT2D eigenvalue weighted by atomic mass is 19.1. The molecule has 0 aliphatic carbocycles. The molecule has 0 saturated heterocycles. The molecule has 8 heteroatoms. The normalized spacial score (nSPS) is 11.5. The summed E-state index contributed by atoms with van der Waals surface area (Å²) in [7, 11) is 0. The van der Waals surface area contributed by atoms with Crippen molar-refractivity contribution in [3.63, 3.8) is 0 Å². The summed E-state index contributed by atoms with van der Waals surface area (Å²) in [5.41, 5.74) is 4.43. The van der Waals surface area contributed by atoms with Gasteiger partial charge in [-0.1, -0.05) is 5.16 Å². The number of hydrogen-bond acceptors (Lipinski definition) is 3. The van der Waals surface area contributed by atoms with E-state index in [2.05, 4.69) is 5.16 Å². The summed E-state index contributed by atoms with van der Waals surface area (Å²) in [6.45, 7) is 1.78. The Bertz CT molecular complexity index is 512. The van der Waals surface area contributed by atoms with E-state index < -0.39 is 28.9 Å². The SMILES string of the molecule is CCN(CCC(N)=NO)C(=O)c1c(F)cc(F)cc1F. The van der Waals surface area contributed by atoms with Gasteiger partial charge < -0.3 is 15.8 Å². The maximum absolute atomic E-state index is 13.5. The number of amides is 1. The second-order valence-corrected chi connectivity index (χ2v) is 3.97. The largest absolute Gasteiger partial charge is 0.409 e. The molecule has 110 valence electrons. The second-order valence-electron chi connectivity index (χ2n) is 3.97. The molecule has 1 aromatic carbocycles. The number of halogens is 3. The van der Waals surface area contributed by atoms with E-state index in [0.29, 0.717) is 12.1 Å². The maximum atomic E-state index is 13.5. The Morgan fingerprint density at radius 2 is 1.90 bits per heavy atom. The van der Waals surface area contributed by atoms with E-state index in [4.69, 9.17) is 10.9 Å². The van der Waals surface area contributed by atoms with Gasteiger partial charge in [0.15, 0.2) is 0 Å². The number of carbonyl (C=O) groups is 1. The van der Waals surface area contributed by atoms with Crippen molar-refractivity contribution in [2.45, 2.75) is 13.3 Å². The molecule has 0 radical (unpaired) electrons. The summed E-state index contributed by atoms with van der Waals surface area (Å²) >= 11 is 0. The van der Waals surface area contributed by atoms with Crippen LogP contribution in [0.15, 0.2) is 17.3 Å². The Kier molecular flexibility index (Phi) is 5.36. The fourth-order valence-electron chi connectivity index (χ4n) is 1.61. The van der Waals surface area contributed by atoms with Crippen LogP contribution in [0.4, 0.5) is 13.2 Å². The first kappa shape index (κ1) is 15.8. The summed E-state index contributed by atoms with van der Waals surface area (Å²) in [6.07, 6.45) is 0.0422. The Hall–Kier alpha value is -2.25. The lowest BCUT2D eigenvalue weighted by Crippen LogP contribution is -2.35.